The van der Waals surface area contributed by atoms with E-state index in [-0.39, 0.29) is 23.5 Å². The van der Waals surface area contributed by atoms with Crippen molar-refractivity contribution in [1.82, 2.24) is 5.32 Å². The first kappa shape index (κ1) is 17.2. The first-order valence-electron chi connectivity index (χ1n) is 6.84. The predicted molar refractivity (Wildman–Crippen MR) is 86.4 cm³/mol. The van der Waals surface area contributed by atoms with E-state index in [9.17, 15) is 13.2 Å². The lowest BCUT2D eigenvalue weighted by molar-refractivity contribution is 0.0958. The molecule has 0 spiro atoms. The molecule has 0 fully saturated rings. The molecule has 0 aliphatic carbocycles. The van der Waals surface area contributed by atoms with Crippen LogP contribution in [0.15, 0.2) is 36.9 Å². The third kappa shape index (κ3) is 5.99. The lowest BCUT2D eigenvalue weighted by Gasteiger charge is -2.15. The van der Waals surface area contributed by atoms with Gasteiger partial charge in [-0.2, -0.15) is 0 Å². The molecule has 1 aromatic carbocycles. The zero-order chi connectivity index (χ0) is 15.9. The van der Waals surface area contributed by atoms with Gasteiger partial charge in [-0.15, -0.1) is 6.58 Å². The zero-order valence-electron chi connectivity index (χ0n) is 12.4. The minimum Gasteiger partial charge on any atom is -0.382 e. The van der Waals surface area contributed by atoms with Gasteiger partial charge in [-0.3, -0.25) is 4.79 Å². The first-order chi connectivity index (χ1) is 9.88. The summed E-state index contributed by atoms with van der Waals surface area (Å²) < 4.78 is 23.1. The van der Waals surface area contributed by atoms with Gasteiger partial charge in [0.15, 0.2) is 9.84 Å². The molecular weight excluding hydrogens is 288 g/mol. The van der Waals surface area contributed by atoms with Crippen LogP contribution >= 0.6 is 0 Å². The van der Waals surface area contributed by atoms with E-state index in [4.69, 9.17) is 0 Å². The van der Waals surface area contributed by atoms with Gasteiger partial charge >= 0.3 is 0 Å². The molecule has 116 valence electrons. The Balaban J connectivity index is 2.62. The number of nitrogens with one attached hydrogen (secondary N) is 2. The smallest absolute Gasteiger partial charge is 0.251 e. The normalized spacial score (nSPS) is 12.5. The van der Waals surface area contributed by atoms with Gasteiger partial charge < -0.3 is 10.6 Å². The molecule has 0 aromatic heterocycles. The van der Waals surface area contributed by atoms with Gasteiger partial charge in [0.1, 0.15) is 0 Å². The van der Waals surface area contributed by atoms with Gasteiger partial charge in [-0.25, -0.2) is 8.42 Å². The summed E-state index contributed by atoms with van der Waals surface area (Å²) in [5, 5.41) is 5.81. The Bertz CT molecular complexity index is 579. The van der Waals surface area contributed by atoms with Gasteiger partial charge in [-0.1, -0.05) is 13.0 Å². The van der Waals surface area contributed by atoms with Crippen molar-refractivity contribution in [1.29, 1.82) is 0 Å². The maximum absolute atomic E-state index is 11.7. The highest BCUT2D eigenvalue weighted by atomic mass is 32.2. The fourth-order valence-corrected chi connectivity index (χ4v) is 2.89. The number of carbonyl (C=O) groups excluding carboxylic acids is 1. The summed E-state index contributed by atoms with van der Waals surface area (Å²) in [6.45, 7) is 7.41. The summed E-state index contributed by atoms with van der Waals surface area (Å²) in [5.74, 6) is 0.0648. The molecule has 0 aliphatic heterocycles. The van der Waals surface area contributed by atoms with Crippen molar-refractivity contribution in [2.45, 2.75) is 19.9 Å². The van der Waals surface area contributed by atoms with Crippen LogP contribution < -0.4 is 10.6 Å². The third-order valence-corrected chi connectivity index (χ3v) is 4.80. The predicted octanol–water partition coefficient (Wildman–Crippen LogP) is 1.84. The number of benzene rings is 1. The highest BCUT2D eigenvalue weighted by molar-refractivity contribution is 7.91. The molecule has 0 saturated carbocycles. The molecule has 21 heavy (non-hydrogen) atoms. The minimum atomic E-state index is -3.01. The summed E-state index contributed by atoms with van der Waals surface area (Å²) in [7, 11) is -3.01. The second-order valence-electron chi connectivity index (χ2n) is 4.82. The van der Waals surface area contributed by atoms with Gasteiger partial charge in [-0.05, 0) is 31.2 Å². The largest absolute Gasteiger partial charge is 0.382 e. The van der Waals surface area contributed by atoms with Crippen molar-refractivity contribution in [2.75, 3.05) is 23.4 Å². The maximum Gasteiger partial charge on any atom is 0.251 e. The fourth-order valence-electron chi connectivity index (χ4n) is 1.81. The molecule has 0 heterocycles. The third-order valence-electron chi connectivity index (χ3n) is 2.91. The van der Waals surface area contributed by atoms with Crippen molar-refractivity contribution in [2.24, 2.45) is 0 Å². The summed E-state index contributed by atoms with van der Waals surface area (Å²) in [4.78, 5) is 11.7. The van der Waals surface area contributed by atoms with Crippen LogP contribution in [0.1, 0.15) is 24.2 Å². The minimum absolute atomic E-state index is 0.0884. The molecule has 0 radical (unpaired) electrons. The van der Waals surface area contributed by atoms with Crippen molar-refractivity contribution < 1.29 is 13.2 Å². The number of hydrogen-bond donors (Lipinski definition) is 2. The molecule has 1 atom stereocenters. The molecule has 0 bridgehead atoms. The monoisotopic (exact) mass is 310 g/mol. The summed E-state index contributed by atoms with van der Waals surface area (Å²) in [6, 6.07) is 6.73. The lowest BCUT2D eigenvalue weighted by Crippen LogP contribution is -2.26. The Morgan fingerprint density at radius 3 is 2.48 bits per heavy atom. The SMILES string of the molecule is C=CCNC(=O)c1ccc(NC(C)CS(=O)(=O)CC)cc1. The number of amides is 1. The lowest BCUT2D eigenvalue weighted by atomic mass is 10.2. The molecule has 2 N–H and O–H groups in total. The van der Waals surface area contributed by atoms with E-state index in [2.05, 4.69) is 17.2 Å². The number of carbonyl (C=O) groups is 1. The van der Waals surface area contributed by atoms with Crippen LogP contribution in [-0.2, 0) is 9.84 Å². The summed E-state index contributed by atoms with van der Waals surface area (Å²) in [5.41, 5.74) is 1.34. The molecule has 0 aliphatic rings. The van der Waals surface area contributed by atoms with Gasteiger partial charge in [0.25, 0.3) is 5.91 Å². The zero-order valence-corrected chi connectivity index (χ0v) is 13.2. The fraction of sp³-hybridized carbons (Fsp3) is 0.400. The van der Waals surface area contributed by atoms with Gasteiger partial charge in [0, 0.05) is 29.6 Å². The highest BCUT2D eigenvalue weighted by Gasteiger charge is 2.13. The van der Waals surface area contributed by atoms with Crippen LogP contribution in [0.3, 0.4) is 0 Å². The van der Waals surface area contributed by atoms with Crippen molar-refractivity contribution in [3.8, 4) is 0 Å². The number of hydrogen-bond acceptors (Lipinski definition) is 4. The average Bonchev–Trinajstić information content (AvgIpc) is 2.45. The molecule has 1 rings (SSSR count). The number of sulfone groups is 1. The van der Waals surface area contributed by atoms with E-state index in [0.717, 1.165) is 5.69 Å². The quantitative estimate of drug-likeness (QED) is 0.718. The number of rotatable bonds is 8. The average molecular weight is 310 g/mol. The second kappa shape index (κ2) is 7.83. The van der Waals surface area contributed by atoms with E-state index in [1.165, 1.54) is 0 Å². The molecule has 1 unspecified atom stereocenters. The summed E-state index contributed by atoms with van der Waals surface area (Å²) in [6.07, 6.45) is 1.61. The van der Waals surface area contributed by atoms with E-state index in [0.29, 0.717) is 12.1 Å². The van der Waals surface area contributed by atoms with E-state index >= 15 is 0 Å². The molecule has 5 nitrogen and oxygen atoms in total. The topological polar surface area (TPSA) is 75.3 Å². The summed E-state index contributed by atoms with van der Waals surface area (Å²) >= 11 is 0. The molecule has 1 amide bonds. The van der Waals surface area contributed by atoms with E-state index in [1.54, 1.807) is 37.3 Å². The Labute approximate surface area is 126 Å². The van der Waals surface area contributed by atoms with Crippen molar-refractivity contribution in [3.63, 3.8) is 0 Å². The molecule has 6 heteroatoms. The maximum atomic E-state index is 11.7. The Morgan fingerprint density at radius 1 is 1.33 bits per heavy atom. The standard InChI is InChI=1S/C15H22N2O3S/c1-4-10-16-15(18)13-6-8-14(9-7-13)17-12(3)11-21(19,20)5-2/h4,6-9,12,17H,1,5,10-11H2,2-3H3,(H,16,18). The first-order valence-corrected chi connectivity index (χ1v) is 8.66. The molecular formula is C15H22N2O3S. The van der Waals surface area contributed by atoms with Crippen molar-refractivity contribution in [3.05, 3.63) is 42.5 Å². The molecule has 1 aromatic rings. The van der Waals surface area contributed by atoms with Crippen LogP contribution in [0.2, 0.25) is 0 Å². The van der Waals surface area contributed by atoms with Crippen LogP contribution in [0.25, 0.3) is 0 Å². The highest BCUT2D eigenvalue weighted by Crippen LogP contribution is 2.11. The van der Waals surface area contributed by atoms with Gasteiger partial charge in [0.05, 0.1) is 5.75 Å². The van der Waals surface area contributed by atoms with Crippen LogP contribution in [0.4, 0.5) is 5.69 Å². The van der Waals surface area contributed by atoms with E-state index < -0.39 is 9.84 Å². The van der Waals surface area contributed by atoms with Gasteiger partial charge in [0.2, 0.25) is 0 Å². The van der Waals surface area contributed by atoms with E-state index in [1.807, 2.05) is 6.92 Å². The second-order valence-corrected chi connectivity index (χ2v) is 7.22. The van der Waals surface area contributed by atoms with Crippen LogP contribution in [0, 0.1) is 0 Å². The Kier molecular flexibility index (Phi) is 6.42. The number of anilines is 1. The Morgan fingerprint density at radius 2 is 1.95 bits per heavy atom. The molecule has 0 saturated heterocycles. The van der Waals surface area contributed by atoms with Crippen molar-refractivity contribution >= 4 is 21.4 Å². The van der Waals surface area contributed by atoms with Crippen LogP contribution in [-0.4, -0.2) is 38.4 Å². The van der Waals surface area contributed by atoms with Crippen LogP contribution in [0.5, 0.6) is 0 Å². The Hall–Kier alpha value is -1.82.